The monoisotopic (exact) mass is 413 g/mol. The number of nitrogens with zero attached hydrogens (tertiary/aromatic N) is 1. The van der Waals surface area contributed by atoms with Gasteiger partial charge in [-0.2, -0.15) is 0 Å². The Hall–Kier alpha value is -3.77. The molecule has 0 spiro atoms. The summed E-state index contributed by atoms with van der Waals surface area (Å²) in [6, 6.07) is 24.5. The SMILES string of the molecule is Cc1cc(NC(=O)c2sc(-c3ccccc3)nc2-c2ccccc2)ccc1C(N)=O. The molecular formula is C24H19N3O2S. The van der Waals surface area contributed by atoms with E-state index in [1.165, 1.54) is 11.3 Å². The Balaban J connectivity index is 1.72. The number of benzene rings is 3. The molecule has 30 heavy (non-hydrogen) atoms. The van der Waals surface area contributed by atoms with Crippen LogP contribution in [0, 0.1) is 6.92 Å². The maximum absolute atomic E-state index is 13.2. The Morgan fingerprint density at radius 2 is 1.53 bits per heavy atom. The number of hydrogen-bond acceptors (Lipinski definition) is 4. The first-order valence-corrected chi connectivity index (χ1v) is 10.2. The molecular weight excluding hydrogens is 394 g/mol. The van der Waals surface area contributed by atoms with Crippen LogP contribution in [-0.2, 0) is 0 Å². The van der Waals surface area contributed by atoms with E-state index in [9.17, 15) is 9.59 Å². The molecule has 1 heterocycles. The molecule has 3 N–H and O–H groups in total. The van der Waals surface area contributed by atoms with Crippen molar-refractivity contribution in [2.45, 2.75) is 6.92 Å². The topological polar surface area (TPSA) is 85.1 Å². The number of thiazole rings is 1. The molecule has 1 aromatic heterocycles. The van der Waals surface area contributed by atoms with Crippen LogP contribution in [0.5, 0.6) is 0 Å². The van der Waals surface area contributed by atoms with E-state index in [1.54, 1.807) is 25.1 Å². The zero-order valence-electron chi connectivity index (χ0n) is 16.3. The molecule has 148 valence electrons. The van der Waals surface area contributed by atoms with Crippen LogP contribution in [0.3, 0.4) is 0 Å². The van der Waals surface area contributed by atoms with Crippen LogP contribution in [-0.4, -0.2) is 16.8 Å². The number of aromatic nitrogens is 1. The van der Waals surface area contributed by atoms with Crippen molar-refractivity contribution in [3.63, 3.8) is 0 Å². The molecule has 6 heteroatoms. The van der Waals surface area contributed by atoms with Gasteiger partial charge in [0.15, 0.2) is 0 Å². The van der Waals surface area contributed by atoms with Crippen LogP contribution in [0.25, 0.3) is 21.8 Å². The first-order chi connectivity index (χ1) is 14.5. The molecule has 4 aromatic rings. The van der Waals surface area contributed by atoms with Gasteiger partial charge in [0.25, 0.3) is 5.91 Å². The number of aryl methyl sites for hydroxylation is 1. The third-order valence-electron chi connectivity index (χ3n) is 4.65. The molecule has 0 bridgehead atoms. The molecule has 2 amide bonds. The maximum Gasteiger partial charge on any atom is 0.268 e. The molecule has 0 saturated carbocycles. The summed E-state index contributed by atoms with van der Waals surface area (Å²) in [6.07, 6.45) is 0. The van der Waals surface area contributed by atoms with Crippen molar-refractivity contribution in [3.8, 4) is 21.8 Å². The number of hydrogen-bond donors (Lipinski definition) is 2. The standard InChI is InChI=1S/C24H19N3O2S/c1-15-14-18(12-13-19(15)22(25)28)26-23(29)21-20(16-8-4-2-5-9-16)27-24(30-21)17-10-6-3-7-11-17/h2-14H,1H3,(H2,25,28)(H,26,29). The van der Waals surface area contributed by atoms with Gasteiger partial charge >= 0.3 is 0 Å². The third kappa shape index (κ3) is 3.99. The normalized spacial score (nSPS) is 10.6. The molecule has 0 saturated heterocycles. The zero-order valence-corrected chi connectivity index (χ0v) is 17.1. The van der Waals surface area contributed by atoms with E-state index in [-0.39, 0.29) is 5.91 Å². The Morgan fingerprint density at radius 3 is 2.13 bits per heavy atom. The van der Waals surface area contributed by atoms with Gasteiger partial charge in [-0.1, -0.05) is 60.7 Å². The quantitative estimate of drug-likeness (QED) is 0.475. The lowest BCUT2D eigenvalue weighted by Gasteiger charge is -2.08. The summed E-state index contributed by atoms with van der Waals surface area (Å²) in [7, 11) is 0. The highest BCUT2D eigenvalue weighted by molar-refractivity contribution is 7.17. The van der Waals surface area contributed by atoms with Crippen molar-refractivity contribution in [1.82, 2.24) is 4.98 Å². The van der Waals surface area contributed by atoms with E-state index >= 15 is 0 Å². The average Bonchev–Trinajstić information content (AvgIpc) is 3.20. The van der Waals surface area contributed by atoms with E-state index in [0.717, 1.165) is 16.1 Å². The fourth-order valence-electron chi connectivity index (χ4n) is 3.18. The second-order valence-corrected chi connectivity index (χ2v) is 7.78. The predicted octanol–water partition coefficient (Wildman–Crippen LogP) is 5.14. The number of rotatable bonds is 5. The average molecular weight is 414 g/mol. The summed E-state index contributed by atoms with van der Waals surface area (Å²) in [5.74, 6) is -0.744. The fourth-order valence-corrected chi connectivity index (χ4v) is 4.16. The molecule has 0 radical (unpaired) electrons. The number of amides is 2. The van der Waals surface area contributed by atoms with Crippen molar-refractivity contribution in [2.24, 2.45) is 5.73 Å². The molecule has 5 nitrogen and oxygen atoms in total. The van der Waals surface area contributed by atoms with Crippen LogP contribution < -0.4 is 11.1 Å². The molecule has 0 fully saturated rings. The van der Waals surface area contributed by atoms with Crippen LogP contribution in [0.15, 0.2) is 78.9 Å². The highest BCUT2D eigenvalue weighted by Gasteiger charge is 2.20. The summed E-state index contributed by atoms with van der Waals surface area (Å²) in [5.41, 5.74) is 9.58. The van der Waals surface area contributed by atoms with Crippen LogP contribution in [0.4, 0.5) is 5.69 Å². The van der Waals surface area contributed by atoms with Crippen molar-refractivity contribution < 1.29 is 9.59 Å². The van der Waals surface area contributed by atoms with Gasteiger partial charge in [0, 0.05) is 22.4 Å². The summed E-state index contributed by atoms with van der Waals surface area (Å²) in [4.78, 5) is 29.9. The lowest BCUT2D eigenvalue weighted by molar-refractivity contribution is 0.0998. The second-order valence-electron chi connectivity index (χ2n) is 6.78. The fraction of sp³-hybridized carbons (Fsp3) is 0.0417. The molecule has 3 aromatic carbocycles. The molecule has 0 aliphatic carbocycles. The minimum absolute atomic E-state index is 0.250. The van der Waals surface area contributed by atoms with Gasteiger partial charge in [0.05, 0.1) is 5.69 Å². The number of nitrogens with two attached hydrogens (primary N) is 1. The number of primary amides is 1. The van der Waals surface area contributed by atoms with Gasteiger partial charge in [-0.25, -0.2) is 4.98 Å². The van der Waals surface area contributed by atoms with Gasteiger partial charge < -0.3 is 11.1 Å². The summed E-state index contributed by atoms with van der Waals surface area (Å²) < 4.78 is 0. The summed E-state index contributed by atoms with van der Waals surface area (Å²) >= 11 is 1.35. The second kappa shape index (κ2) is 8.31. The van der Waals surface area contributed by atoms with Gasteiger partial charge in [-0.05, 0) is 30.7 Å². The van der Waals surface area contributed by atoms with Gasteiger partial charge in [-0.3, -0.25) is 9.59 Å². The smallest absolute Gasteiger partial charge is 0.268 e. The van der Waals surface area contributed by atoms with E-state index in [1.807, 2.05) is 60.7 Å². The van der Waals surface area contributed by atoms with Crippen molar-refractivity contribution in [2.75, 3.05) is 5.32 Å². The number of anilines is 1. The van der Waals surface area contributed by atoms with E-state index < -0.39 is 5.91 Å². The highest BCUT2D eigenvalue weighted by Crippen LogP contribution is 2.34. The van der Waals surface area contributed by atoms with Gasteiger partial charge in [0.2, 0.25) is 5.91 Å². The van der Waals surface area contributed by atoms with E-state index in [4.69, 9.17) is 10.7 Å². The number of nitrogens with one attached hydrogen (secondary N) is 1. The Morgan fingerprint density at radius 1 is 0.900 bits per heavy atom. The largest absolute Gasteiger partial charge is 0.366 e. The van der Waals surface area contributed by atoms with Crippen LogP contribution >= 0.6 is 11.3 Å². The minimum Gasteiger partial charge on any atom is -0.366 e. The molecule has 0 aliphatic rings. The van der Waals surface area contributed by atoms with Crippen LogP contribution in [0.1, 0.15) is 25.6 Å². The number of carbonyl (C=O) groups excluding carboxylic acids is 2. The lowest BCUT2D eigenvalue weighted by atomic mass is 10.1. The predicted molar refractivity (Wildman–Crippen MR) is 121 cm³/mol. The van der Waals surface area contributed by atoms with E-state index in [2.05, 4.69) is 5.32 Å². The van der Waals surface area contributed by atoms with E-state index in [0.29, 0.717) is 27.4 Å². The Kier molecular flexibility index (Phi) is 5.41. The number of carbonyl (C=O) groups is 2. The maximum atomic E-state index is 13.2. The minimum atomic E-state index is -0.494. The van der Waals surface area contributed by atoms with Crippen molar-refractivity contribution in [3.05, 3.63) is 94.9 Å². The molecule has 0 atom stereocenters. The molecule has 4 rings (SSSR count). The Bertz CT molecular complexity index is 1220. The highest BCUT2D eigenvalue weighted by atomic mass is 32.1. The zero-order chi connectivity index (χ0) is 21.1. The van der Waals surface area contributed by atoms with Crippen molar-refractivity contribution >= 4 is 28.8 Å². The van der Waals surface area contributed by atoms with Gasteiger partial charge in [0.1, 0.15) is 9.88 Å². The van der Waals surface area contributed by atoms with Crippen LogP contribution in [0.2, 0.25) is 0 Å². The Labute approximate surface area is 178 Å². The third-order valence-corrected chi connectivity index (χ3v) is 5.75. The summed E-state index contributed by atoms with van der Waals surface area (Å²) in [5, 5.41) is 3.70. The lowest BCUT2D eigenvalue weighted by Crippen LogP contribution is -2.14. The summed E-state index contributed by atoms with van der Waals surface area (Å²) in [6.45, 7) is 1.78. The van der Waals surface area contributed by atoms with Crippen molar-refractivity contribution in [1.29, 1.82) is 0 Å². The first kappa shape index (κ1) is 19.5. The van der Waals surface area contributed by atoms with Gasteiger partial charge in [-0.15, -0.1) is 11.3 Å². The molecule has 0 unspecified atom stereocenters. The molecule has 0 aliphatic heterocycles. The first-order valence-electron chi connectivity index (χ1n) is 9.36.